The molecule has 0 amide bonds. The van der Waals surface area contributed by atoms with E-state index in [0.717, 1.165) is 5.56 Å². The maximum atomic E-state index is 9.99. The number of aliphatic hydroxyl groups excluding tert-OH is 1. The van der Waals surface area contributed by atoms with E-state index in [1.165, 1.54) is 0 Å². The van der Waals surface area contributed by atoms with Crippen LogP contribution in [0.3, 0.4) is 0 Å². The number of rotatable bonds is 7. The van der Waals surface area contributed by atoms with Crippen LogP contribution in [0.15, 0.2) is 30.6 Å². The number of hydrogen-bond acceptors (Lipinski definition) is 4. The summed E-state index contributed by atoms with van der Waals surface area (Å²) in [6, 6.07) is 5.24. The molecule has 0 bridgehead atoms. The van der Waals surface area contributed by atoms with Crippen LogP contribution in [0.25, 0.3) is 0 Å². The van der Waals surface area contributed by atoms with Crippen molar-refractivity contribution in [1.82, 2.24) is 15.1 Å². The fraction of sp³-hybridized carbons (Fsp3) is 0.400. The second-order valence-electron chi connectivity index (χ2n) is 5.09. The van der Waals surface area contributed by atoms with Crippen molar-refractivity contribution in [3.8, 4) is 5.75 Å². The number of benzene rings is 1. The van der Waals surface area contributed by atoms with Gasteiger partial charge in [0.05, 0.1) is 11.2 Å². The average Bonchev–Trinajstić information content (AvgIpc) is 2.93. The van der Waals surface area contributed by atoms with Crippen LogP contribution in [0.4, 0.5) is 0 Å². The van der Waals surface area contributed by atoms with Crippen molar-refractivity contribution in [2.24, 2.45) is 7.05 Å². The fourth-order valence-corrected chi connectivity index (χ4v) is 2.28. The first-order valence-electron chi connectivity index (χ1n) is 6.94. The quantitative estimate of drug-likeness (QED) is 0.811. The van der Waals surface area contributed by atoms with Crippen LogP contribution in [-0.2, 0) is 7.05 Å². The predicted molar refractivity (Wildman–Crippen MR) is 87.6 cm³/mol. The molecule has 1 aromatic carbocycles. The molecule has 22 heavy (non-hydrogen) atoms. The van der Waals surface area contributed by atoms with Crippen LogP contribution in [0.5, 0.6) is 5.75 Å². The van der Waals surface area contributed by atoms with Crippen LogP contribution in [0, 0.1) is 0 Å². The summed E-state index contributed by atoms with van der Waals surface area (Å²) in [6.45, 7) is 2.54. The smallest absolute Gasteiger partial charge is 0.139 e. The summed E-state index contributed by atoms with van der Waals surface area (Å²) in [5.41, 5.74) is 1.06. The lowest BCUT2D eigenvalue weighted by molar-refractivity contribution is 0.104. The summed E-state index contributed by atoms with van der Waals surface area (Å²) in [7, 11) is 1.87. The summed E-state index contributed by atoms with van der Waals surface area (Å²) in [5, 5.41) is 18.1. The van der Waals surface area contributed by atoms with E-state index in [1.807, 2.05) is 20.2 Å². The summed E-state index contributed by atoms with van der Waals surface area (Å²) in [4.78, 5) is 0. The van der Waals surface area contributed by atoms with Crippen LogP contribution in [0.1, 0.15) is 18.5 Å². The molecule has 1 heterocycles. The monoisotopic (exact) mass is 343 g/mol. The van der Waals surface area contributed by atoms with Gasteiger partial charge in [0.25, 0.3) is 0 Å². The maximum absolute atomic E-state index is 9.99. The first-order valence-corrected chi connectivity index (χ1v) is 7.69. The van der Waals surface area contributed by atoms with Crippen LogP contribution in [0.2, 0.25) is 10.0 Å². The van der Waals surface area contributed by atoms with E-state index in [0.29, 0.717) is 22.3 Å². The van der Waals surface area contributed by atoms with Crippen molar-refractivity contribution in [1.29, 1.82) is 0 Å². The molecule has 0 saturated carbocycles. The topological polar surface area (TPSA) is 59.3 Å². The number of nitrogens with zero attached hydrogens (tertiary/aromatic N) is 2. The summed E-state index contributed by atoms with van der Waals surface area (Å²) in [5.74, 6) is 0.466. The van der Waals surface area contributed by atoms with Gasteiger partial charge < -0.3 is 15.2 Å². The highest BCUT2D eigenvalue weighted by molar-refractivity contribution is 6.42. The zero-order valence-electron chi connectivity index (χ0n) is 12.5. The predicted octanol–water partition coefficient (Wildman–Crippen LogP) is 2.82. The van der Waals surface area contributed by atoms with Gasteiger partial charge >= 0.3 is 0 Å². The number of aryl methyl sites for hydroxylation is 1. The lowest BCUT2D eigenvalue weighted by Crippen LogP contribution is -2.33. The second-order valence-corrected chi connectivity index (χ2v) is 5.88. The molecule has 0 saturated heterocycles. The molecule has 0 aliphatic rings. The zero-order chi connectivity index (χ0) is 16.1. The van der Waals surface area contributed by atoms with E-state index >= 15 is 0 Å². The number of aromatic nitrogens is 2. The molecule has 2 unspecified atom stereocenters. The van der Waals surface area contributed by atoms with Gasteiger partial charge in [-0.25, -0.2) is 0 Å². The van der Waals surface area contributed by atoms with E-state index in [1.54, 1.807) is 29.1 Å². The molecular weight excluding hydrogens is 325 g/mol. The Kier molecular flexibility index (Phi) is 6.08. The Bertz CT molecular complexity index is 619. The molecule has 2 N–H and O–H groups in total. The molecule has 0 aliphatic heterocycles. The highest BCUT2D eigenvalue weighted by atomic mass is 35.5. The fourth-order valence-electron chi connectivity index (χ4n) is 1.93. The molecule has 7 heteroatoms. The lowest BCUT2D eigenvalue weighted by atomic mass is 10.2. The minimum atomic E-state index is -0.658. The van der Waals surface area contributed by atoms with Gasteiger partial charge in [0.1, 0.15) is 23.5 Å². The Morgan fingerprint density at radius 3 is 2.86 bits per heavy atom. The van der Waals surface area contributed by atoms with Crippen molar-refractivity contribution in [2.75, 3.05) is 13.2 Å². The van der Waals surface area contributed by atoms with Crippen molar-refractivity contribution in [2.45, 2.75) is 19.1 Å². The van der Waals surface area contributed by atoms with Gasteiger partial charge in [-0.2, -0.15) is 5.10 Å². The number of halogens is 2. The molecule has 0 radical (unpaired) electrons. The van der Waals surface area contributed by atoms with Crippen molar-refractivity contribution in [3.05, 3.63) is 46.2 Å². The first-order chi connectivity index (χ1) is 10.5. The van der Waals surface area contributed by atoms with Crippen molar-refractivity contribution in [3.63, 3.8) is 0 Å². The highest BCUT2D eigenvalue weighted by Gasteiger charge is 2.12. The van der Waals surface area contributed by atoms with Crippen molar-refractivity contribution < 1.29 is 9.84 Å². The second kappa shape index (κ2) is 7.83. The minimum absolute atomic E-state index is 0.0955. The molecule has 2 atom stereocenters. The molecule has 0 fully saturated rings. The number of nitrogens with one attached hydrogen (secondary N) is 1. The Balaban J connectivity index is 1.78. The standard InChI is InChI=1S/C15H19Cl2N3O2/c1-10(11-6-19-20(2)8-11)18-7-12(21)9-22-14-5-3-4-13(16)15(14)17/h3-6,8,10,12,18,21H,7,9H2,1-2H3. The summed E-state index contributed by atoms with van der Waals surface area (Å²) < 4.78 is 7.24. The molecule has 1 aromatic heterocycles. The summed E-state index contributed by atoms with van der Waals surface area (Å²) >= 11 is 11.9. The van der Waals surface area contributed by atoms with Crippen LogP contribution in [-0.4, -0.2) is 34.1 Å². The Morgan fingerprint density at radius 1 is 1.41 bits per heavy atom. The highest BCUT2D eigenvalue weighted by Crippen LogP contribution is 2.31. The molecule has 120 valence electrons. The van der Waals surface area contributed by atoms with Gasteiger partial charge in [-0.3, -0.25) is 4.68 Å². The molecule has 0 aliphatic carbocycles. The third kappa shape index (κ3) is 4.61. The lowest BCUT2D eigenvalue weighted by Gasteiger charge is -2.17. The molecule has 0 spiro atoms. The molecular formula is C15H19Cl2N3O2. The third-order valence-electron chi connectivity index (χ3n) is 3.23. The van der Waals surface area contributed by atoms with E-state index in [2.05, 4.69) is 10.4 Å². The normalized spacial score (nSPS) is 13.9. The maximum Gasteiger partial charge on any atom is 0.139 e. The minimum Gasteiger partial charge on any atom is -0.489 e. The van der Waals surface area contributed by atoms with Gasteiger partial charge in [-0.15, -0.1) is 0 Å². The Morgan fingerprint density at radius 2 is 2.18 bits per heavy atom. The molecule has 2 aromatic rings. The SMILES string of the molecule is CC(NCC(O)COc1cccc(Cl)c1Cl)c1cnn(C)c1. The largest absolute Gasteiger partial charge is 0.489 e. The average molecular weight is 344 g/mol. The molecule has 2 rings (SSSR count). The van der Waals surface area contributed by atoms with Crippen molar-refractivity contribution >= 4 is 23.2 Å². The van der Waals surface area contributed by atoms with Gasteiger partial charge in [-0.05, 0) is 19.1 Å². The summed E-state index contributed by atoms with van der Waals surface area (Å²) in [6.07, 6.45) is 3.08. The van der Waals surface area contributed by atoms with E-state index in [9.17, 15) is 5.11 Å². The van der Waals surface area contributed by atoms with Crippen LogP contribution < -0.4 is 10.1 Å². The van der Waals surface area contributed by atoms with Crippen LogP contribution >= 0.6 is 23.2 Å². The van der Waals surface area contributed by atoms with Gasteiger partial charge in [0.2, 0.25) is 0 Å². The molecule has 5 nitrogen and oxygen atoms in total. The Hall–Kier alpha value is -1.27. The zero-order valence-corrected chi connectivity index (χ0v) is 14.0. The number of ether oxygens (including phenoxy) is 1. The Labute approximate surface area is 139 Å². The van der Waals surface area contributed by atoms with Gasteiger partial charge in [0, 0.05) is 31.4 Å². The number of hydrogen-bond donors (Lipinski definition) is 2. The van der Waals surface area contributed by atoms with E-state index in [-0.39, 0.29) is 12.6 Å². The van der Waals surface area contributed by atoms with Gasteiger partial charge in [0.15, 0.2) is 0 Å². The van der Waals surface area contributed by atoms with Gasteiger partial charge in [-0.1, -0.05) is 29.3 Å². The van der Waals surface area contributed by atoms with E-state index < -0.39 is 6.10 Å². The third-order valence-corrected chi connectivity index (χ3v) is 4.03. The van der Waals surface area contributed by atoms with E-state index in [4.69, 9.17) is 27.9 Å². The first kappa shape index (κ1) is 17.1. The number of aliphatic hydroxyl groups is 1.